The van der Waals surface area contributed by atoms with Crippen LogP contribution in [0.15, 0.2) is 53.6 Å². The molecule has 0 fully saturated rings. The standard InChI is InChI=1S/C21H22N2O4S/c1-24-15-5-7-20(27-4)18(12-15)19-6-8-21(23-22-19)28-13-14-9-16(25-2)11-17(10-14)26-3/h5-12H,13H2,1-4H3. The molecule has 3 rings (SSSR count). The maximum Gasteiger partial charge on any atom is 0.128 e. The van der Waals surface area contributed by atoms with Crippen LogP contribution < -0.4 is 18.9 Å². The number of hydrogen-bond acceptors (Lipinski definition) is 7. The molecule has 3 aromatic rings. The Kier molecular flexibility index (Phi) is 6.60. The second-order valence-corrected chi connectivity index (χ2v) is 6.83. The van der Waals surface area contributed by atoms with Crippen LogP contribution in [0, 0.1) is 0 Å². The van der Waals surface area contributed by atoms with Crippen molar-refractivity contribution in [2.24, 2.45) is 0 Å². The Bertz CT molecular complexity index is 910. The van der Waals surface area contributed by atoms with Gasteiger partial charge in [0.25, 0.3) is 0 Å². The highest BCUT2D eigenvalue weighted by molar-refractivity contribution is 7.98. The van der Waals surface area contributed by atoms with Crippen LogP contribution in [-0.2, 0) is 5.75 Å². The van der Waals surface area contributed by atoms with E-state index in [1.807, 2.05) is 48.5 Å². The summed E-state index contributed by atoms with van der Waals surface area (Å²) in [6, 6.07) is 15.3. The van der Waals surface area contributed by atoms with E-state index in [0.29, 0.717) is 0 Å². The van der Waals surface area contributed by atoms with Gasteiger partial charge in [-0.1, -0.05) is 11.8 Å². The number of rotatable bonds is 8. The van der Waals surface area contributed by atoms with Crippen LogP contribution >= 0.6 is 11.8 Å². The molecule has 0 N–H and O–H groups in total. The molecule has 0 bridgehead atoms. The largest absolute Gasteiger partial charge is 0.497 e. The van der Waals surface area contributed by atoms with Crippen molar-refractivity contribution in [1.29, 1.82) is 0 Å². The number of methoxy groups -OCH3 is 4. The smallest absolute Gasteiger partial charge is 0.128 e. The summed E-state index contributed by atoms with van der Waals surface area (Å²) in [4.78, 5) is 0. The van der Waals surface area contributed by atoms with Gasteiger partial charge in [-0.05, 0) is 48.0 Å². The topological polar surface area (TPSA) is 62.7 Å². The molecule has 0 unspecified atom stereocenters. The lowest BCUT2D eigenvalue weighted by Gasteiger charge is -2.10. The van der Waals surface area contributed by atoms with Crippen LogP contribution in [0.2, 0.25) is 0 Å². The molecule has 0 atom stereocenters. The predicted molar refractivity (Wildman–Crippen MR) is 110 cm³/mol. The lowest BCUT2D eigenvalue weighted by atomic mass is 10.1. The number of thioether (sulfide) groups is 1. The van der Waals surface area contributed by atoms with Crippen molar-refractivity contribution in [2.45, 2.75) is 10.8 Å². The van der Waals surface area contributed by atoms with Gasteiger partial charge in [-0.25, -0.2) is 0 Å². The number of nitrogens with zero attached hydrogens (tertiary/aromatic N) is 2. The third kappa shape index (κ3) is 4.67. The summed E-state index contributed by atoms with van der Waals surface area (Å²) < 4.78 is 21.4. The molecule has 0 saturated carbocycles. The zero-order chi connectivity index (χ0) is 19.9. The van der Waals surface area contributed by atoms with E-state index in [-0.39, 0.29) is 0 Å². The fraction of sp³-hybridized carbons (Fsp3) is 0.238. The molecular weight excluding hydrogens is 376 g/mol. The van der Waals surface area contributed by atoms with E-state index in [1.54, 1.807) is 40.2 Å². The summed E-state index contributed by atoms with van der Waals surface area (Å²) in [5.74, 6) is 3.72. The highest BCUT2D eigenvalue weighted by atomic mass is 32.2. The van der Waals surface area contributed by atoms with Gasteiger partial charge < -0.3 is 18.9 Å². The maximum absolute atomic E-state index is 5.43. The molecule has 0 aliphatic carbocycles. The van der Waals surface area contributed by atoms with Crippen molar-refractivity contribution in [2.75, 3.05) is 28.4 Å². The second kappa shape index (κ2) is 9.32. The van der Waals surface area contributed by atoms with Gasteiger partial charge in [0.05, 0.1) is 34.1 Å². The van der Waals surface area contributed by atoms with E-state index >= 15 is 0 Å². The van der Waals surface area contributed by atoms with E-state index in [0.717, 1.165) is 50.6 Å². The Morgan fingerprint density at radius 2 is 1.43 bits per heavy atom. The minimum absolute atomic E-state index is 0.721. The first kappa shape index (κ1) is 19.8. The van der Waals surface area contributed by atoms with E-state index in [1.165, 1.54) is 0 Å². The molecule has 7 heteroatoms. The molecule has 28 heavy (non-hydrogen) atoms. The lowest BCUT2D eigenvalue weighted by Crippen LogP contribution is -1.94. The second-order valence-electron chi connectivity index (χ2n) is 5.83. The number of ether oxygens (including phenoxy) is 4. The third-order valence-corrected chi connectivity index (χ3v) is 5.11. The molecular formula is C21H22N2O4S. The highest BCUT2D eigenvalue weighted by Crippen LogP contribution is 2.33. The van der Waals surface area contributed by atoms with E-state index in [2.05, 4.69) is 10.2 Å². The number of hydrogen-bond donors (Lipinski definition) is 0. The van der Waals surface area contributed by atoms with E-state index < -0.39 is 0 Å². The molecule has 0 spiro atoms. The van der Waals surface area contributed by atoms with E-state index in [4.69, 9.17) is 18.9 Å². The Morgan fingerprint density at radius 3 is 2.00 bits per heavy atom. The normalized spacial score (nSPS) is 10.4. The van der Waals surface area contributed by atoms with E-state index in [9.17, 15) is 0 Å². The van der Waals surface area contributed by atoms with Gasteiger partial charge in [-0.3, -0.25) is 0 Å². The van der Waals surface area contributed by atoms with Crippen LogP contribution in [-0.4, -0.2) is 38.6 Å². The molecule has 1 heterocycles. The van der Waals surface area contributed by atoms with Crippen LogP contribution in [0.1, 0.15) is 5.56 Å². The summed E-state index contributed by atoms with van der Waals surface area (Å²) in [6.45, 7) is 0. The quantitative estimate of drug-likeness (QED) is 0.519. The summed E-state index contributed by atoms with van der Waals surface area (Å²) in [5.41, 5.74) is 2.65. The fourth-order valence-corrected chi connectivity index (χ4v) is 3.41. The first-order valence-electron chi connectivity index (χ1n) is 8.57. The van der Waals surface area contributed by atoms with Crippen LogP contribution in [0.3, 0.4) is 0 Å². The van der Waals surface area contributed by atoms with Crippen molar-refractivity contribution in [1.82, 2.24) is 10.2 Å². The van der Waals surface area contributed by atoms with Crippen LogP contribution in [0.4, 0.5) is 0 Å². The predicted octanol–water partition coefficient (Wildman–Crippen LogP) is 4.47. The van der Waals surface area contributed by atoms with Gasteiger partial charge in [-0.2, -0.15) is 0 Å². The molecule has 0 aliphatic heterocycles. The summed E-state index contributed by atoms with van der Waals surface area (Å²) in [7, 11) is 6.54. The monoisotopic (exact) mass is 398 g/mol. The van der Waals surface area contributed by atoms with Crippen molar-refractivity contribution < 1.29 is 18.9 Å². The van der Waals surface area contributed by atoms with Crippen LogP contribution in [0.25, 0.3) is 11.3 Å². The van der Waals surface area contributed by atoms with Crippen molar-refractivity contribution in [3.8, 4) is 34.3 Å². The first-order valence-corrected chi connectivity index (χ1v) is 9.56. The average molecular weight is 398 g/mol. The zero-order valence-electron chi connectivity index (χ0n) is 16.3. The first-order chi connectivity index (χ1) is 13.7. The molecule has 1 aromatic heterocycles. The number of benzene rings is 2. The fourth-order valence-electron chi connectivity index (χ4n) is 2.66. The van der Waals surface area contributed by atoms with Crippen molar-refractivity contribution in [3.05, 3.63) is 54.1 Å². The van der Waals surface area contributed by atoms with Gasteiger partial charge in [0.2, 0.25) is 0 Å². The van der Waals surface area contributed by atoms with Gasteiger partial charge in [0.1, 0.15) is 28.0 Å². The highest BCUT2D eigenvalue weighted by Gasteiger charge is 2.10. The summed E-state index contributed by atoms with van der Waals surface area (Å²) in [5, 5.41) is 9.52. The summed E-state index contributed by atoms with van der Waals surface area (Å²) >= 11 is 1.59. The lowest BCUT2D eigenvalue weighted by molar-refractivity contribution is 0.393. The average Bonchev–Trinajstić information content (AvgIpc) is 2.77. The molecule has 0 saturated heterocycles. The molecule has 0 amide bonds. The number of aromatic nitrogens is 2. The SMILES string of the molecule is COc1cc(CSc2ccc(-c3cc(OC)ccc3OC)nn2)cc(OC)c1. The Balaban J connectivity index is 1.75. The zero-order valence-corrected chi connectivity index (χ0v) is 17.1. The van der Waals surface area contributed by atoms with Gasteiger partial charge in [0, 0.05) is 17.4 Å². The van der Waals surface area contributed by atoms with Crippen LogP contribution in [0.5, 0.6) is 23.0 Å². The van der Waals surface area contributed by atoms with Gasteiger partial charge >= 0.3 is 0 Å². The van der Waals surface area contributed by atoms with Crippen molar-refractivity contribution in [3.63, 3.8) is 0 Å². The molecule has 0 radical (unpaired) electrons. The minimum Gasteiger partial charge on any atom is -0.497 e. The Labute approximate surface area is 168 Å². The molecule has 0 aliphatic rings. The maximum atomic E-state index is 5.43. The minimum atomic E-state index is 0.721. The Morgan fingerprint density at radius 1 is 0.714 bits per heavy atom. The van der Waals surface area contributed by atoms with Crippen molar-refractivity contribution >= 4 is 11.8 Å². The molecule has 146 valence electrons. The van der Waals surface area contributed by atoms with Gasteiger partial charge in [0.15, 0.2) is 0 Å². The molecule has 2 aromatic carbocycles. The Hall–Kier alpha value is -2.93. The molecule has 6 nitrogen and oxygen atoms in total. The summed E-state index contributed by atoms with van der Waals surface area (Å²) in [6.07, 6.45) is 0. The third-order valence-electron chi connectivity index (χ3n) is 4.12. The van der Waals surface area contributed by atoms with Gasteiger partial charge in [-0.15, -0.1) is 10.2 Å².